The second-order valence-corrected chi connectivity index (χ2v) is 11.0. The number of hydrogen-bond acceptors (Lipinski definition) is 7. The molecule has 5 atom stereocenters. The summed E-state index contributed by atoms with van der Waals surface area (Å²) in [6.45, 7) is 9.79. The lowest BCUT2D eigenvalue weighted by molar-refractivity contribution is -0.276. The van der Waals surface area contributed by atoms with Gasteiger partial charge in [0, 0.05) is 24.6 Å². The Kier molecular flexibility index (Phi) is 8.48. The van der Waals surface area contributed by atoms with Crippen LogP contribution in [0.5, 0.6) is 0 Å². The summed E-state index contributed by atoms with van der Waals surface area (Å²) in [6.07, 6.45) is 0.866. The normalized spacial score (nSPS) is 27.2. The monoisotopic (exact) mass is 496 g/mol. The number of rotatable bonds is 7. The van der Waals surface area contributed by atoms with Crippen LogP contribution < -0.4 is 5.73 Å². The summed E-state index contributed by atoms with van der Waals surface area (Å²) >= 11 is 0. The van der Waals surface area contributed by atoms with Gasteiger partial charge in [0.1, 0.15) is 11.6 Å². The molecule has 3 N–H and O–H groups in total. The van der Waals surface area contributed by atoms with Crippen molar-refractivity contribution < 1.29 is 24.1 Å². The summed E-state index contributed by atoms with van der Waals surface area (Å²) in [5, 5.41) is 9.46. The topological polar surface area (TPSA) is 94.3 Å². The Balaban J connectivity index is 1.57. The molecule has 36 heavy (non-hydrogen) atoms. The van der Waals surface area contributed by atoms with Crippen molar-refractivity contribution in [1.29, 1.82) is 0 Å². The minimum Gasteiger partial charge on any atom is -0.459 e. The molecule has 0 aromatic heterocycles. The zero-order valence-electron chi connectivity index (χ0n) is 21.9. The summed E-state index contributed by atoms with van der Waals surface area (Å²) in [7, 11) is 0. The zero-order valence-corrected chi connectivity index (χ0v) is 21.9. The molecule has 2 aliphatic rings. The Bertz CT molecular complexity index is 1000. The largest absolute Gasteiger partial charge is 0.459 e. The molecule has 2 saturated heterocycles. The molecule has 2 heterocycles. The summed E-state index contributed by atoms with van der Waals surface area (Å²) in [5.41, 5.74) is 9.16. The van der Waals surface area contributed by atoms with Crippen LogP contribution >= 0.6 is 0 Å². The number of likely N-dealkylation sites (tertiary alicyclic amines) is 1. The summed E-state index contributed by atoms with van der Waals surface area (Å²) in [6, 6.07) is 15.6. The van der Waals surface area contributed by atoms with E-state index in [0.717, 1.165) is 41.6 Å². The average Bonchev–Trinajstić information content (AvgIpc) is 3.33. The first kappa shape index (κ1) is 26.8. The molecule has 0 aliphatic carbocycles. The number of ether oxygens (including phenoxy) is 3. The molecule has 0 bridgehead atoms. The van der Waals surface area contributed by atoms with Crippen molar-refractivity contribution in [2.75, 3.05) is 13.1 Å². The van der Waals surface area contributed by atoms with Crippen molar-refractivity contribution in [2.24, 2.45) is 11.7 Å². The number of benzene rings is 2. The molecule has 0 amide bonds. The average molecular weight is 497 g/mol. The molecule has 4 rings (SSSR count). The molecule has 2 aliphatic heterocycles. The van der Waals surface area contributed by atoms with Crippen molar-refractivity contribution in [3.63, 3.8) is 0 Å². The van der Waals surface area contributed by atoms with Gasteiger partial charge in [-0.3, -0.25) is 9.69 Å². The van der Waals surface area contributed by atoms with Gasteiger partial charge in [-0.05, 0) is 56.8 Å². The Morgan fingerprint density at radius 2 is 1.69 bits per heavy atom. The van der Waals surface area contributed by atoms with Crippen LogP contribution in [0.1, 0.15) is 75.2 Å². The highest BCUT2D eigenvalue weighted by Crippen LogP contribution is 2.42. The van der Waals surface area contributed by atoms with Crippen LogP contribution in [0.15, 0.2) is 48.5 Å². The van der Waals surface area contributed by atoms with Crippen LogP contribution in [0, 0.1) is 5.92 Å². The van der Waals surface area contributed by atoms with Crippen LogP contribution in [0.2, 0.25) is 0 Å². The summed E-state index contributed by atoms with van der Waals surface area (Å²) in [5.74, 6) is -0.116. The number of esters is 1. The van der Waals surface area contributed by atoms with Gasteiger partial charge in [-0.25, -0.2) is 0 Å². The van der Waals surface area contributed by atoms with E-state index in [2.05, 4.69) is 11.8 Å². The van der Waals surface area contributed by atoms with Gasteiger partial charge in [0.25, 0.3) is 0 Å². The smallest absolute Gasteiger partial charge is 0.323 e. The van der Waals surface area contributed by atoms with E-state index < -0.39 is 11.9 Å². The predicted molar refractivity (Wildman–Crippen MR) is 138 cm³/mol. The fourth-order valence-corrected chi connectivity index (χ4v) is 5.05. The molecule has 196 valence electrons. The van der Waals surface area contributed by atoms with Gasteiger partial charge < -0.3 is 25.1 Å². The molecule has 0 saturated carbocycles. The van der Waals surface area contributed by atoms with Gasteiger partial charge >= 0.3 is 5.97 Å². The lowest BCUT2D eigenvalue weighted by Gasteiger charge is -2.43. The highest BCUT2D eigenvalue weighted by molar-refractivity contribution is 5.76. The van der Waals surface area contributed by atoms with E-state index in [0.29, 0.717) is 13.1 Å². The maximum Gasteiger partial charge on any atom is 0.323 e. The van der Waals surface area contributed by atoms with Gasteiger partial charge in [-0.15, -0.1) is 0 Å². The molecule has 2 fully saturated rings. The molecular weight excluding hydrogens is 456 g/mol. The van der Waals surface area contributed by atoms with E-state index in [1.54, 1.807) is 0 Å². The van der Waals surface area contributed by atoms with Crippen LogP contribution in [-0.4, -0.2) is 46.8 Å². The van der Waals surface area contributed by atoms with Crippen molar-refractivity contribution in [3.05, 3.63) is 70.8 Å². The number of carbonyl (C=O) groups excluding carboxylic acids is 1. The Hall–Kier alpha value is -2.29. The maximum atomic E-state index is 12.9. The van der Waals surface area contributed by atoms with E-state index in [4.69, 9.17) is 19.9 Å². The molecule has 0 spiro atoms. The fraction of sp³-hybridized carbons (Fsp3) is 0.552. The van der Waals surface area contributed by atoms with Gasteiger partial charge in [-0.1, -0.05) is 55.5 Å². The molecule has 2 aromatic rings. The van der Waals surface area contributed by atoms with Crippen LogP contribution in [0.25, 0.3) is 0 Å². The first-order valence-corrected chi connectivity index (χ1v) is 12.9. The lowest BCUT2D eigenvalue weighted by Crippen LogP contribution is -2.48. The molecule has 0 radical (unpaired) electrons. The first-order chi connectivity index (χ1) is 17.2. The lowest BCUT2D eigenvalue weighted by atomic mass is 9.90. The maximum absolute atomic E-state index is 12.9. The standard InChI is InChI=1S/C29H40N2O5/c1-19-25(17-31-15-5-6-24(31)27(33)36-29(2,3)4)34-28(23-13-7-20(16-30)8-14-23)35-26(19)22-11-9-21(18-32)10-12-22/h7-14,19,24-26,28,32H,5-6,15-18,30H2,1-4H3/t19-,24+,25+,26+,28+/m1/s1. The van der Waals surface area contributed by atoms with Gasteiger partial charge in [0.2, 0.25) is 0 Å². The van der Waals surface area contributed by atoms with Crippen LogP contribution in [0.3, 0.4) is 0 Å². The van der Waals surface area contributed by atoms with E-state index in [-0.39, 0.29) is 36.7 Å². The molecule has 7 heteroatoms. The minimum atomic E-state index is -0.539. The van der Waals surface area contributed by atoms with Gasteiger partial charge in [0.15, 0.2) is 6.29 Å². The van der Waals surface area contributed by atoms with Crippen LogP contribution in [0.4, 0.5) is 0 Å². The Morgan fingerprint density at radius 3 is 2.31 bits per heavy atom. The third-order valence-electron chi connectivity index (χ3n) is 7.07. The van der Waals surface area contributed by atoms with Gasteiger partial charge in [0.05, 0.1) is 18.8 Å². The van der Waals surface area contributed by atoms with E-state index in [1.807, 2.05) is 69.3 Å². The molecule has 7 nitrogen and oxygen atoms in total. The third kappa shape index (κ3) is 6.33. The third-order valence-corrected chi connectivity index (χ3v) is 7.07. The second kappa shape index (κ2) is 11.4. The molecule has 2 aromatic carbocycles. The number of aliphatic hydroxyl groups excluding tert-OH is 1. The SMILES string of the molecule is C[C@@H]1[C@H](CN2CCC[C@H]2C(=O)OC(C)(C)C)O[C@H](c2ccc(CN)cc2)O[C@@H]1c1ccc(CO)cc1. The number of hydrogen-bond donors (Lipinski definition) is 2. The van der Waals surface area contributed by atoms with Crippen molar-refractivity contribution in [2.45, 2.75) is 83.8 Å². The highest BCUT2D eigenvalue weighted by atomic mass is 16.7. The van der Waals surface area contributed by atoms with Gasteiger partial charge in [-0.2, -0.15) is 0 Å². The zero-order chi connectivity index (χ0) is 25.9. The van der Waals surface area contributed by atoms with Crippen molar-refractivity contribution in [3.8, 4) is 0 Å². The Labute approximate surface area is 214 Å². The number of carbonyl (C=O) groups is 1. The fourth-order valence-electron chi connectivity index (χ4n) is 5.05. The molecular formula is C29H40N2O5. The van der Waals surface area contributed by atoms with Crippen LogP contribution in [-0.2, 0) is 32.2 Å². The van der Waals surface area contributed by atoms with E-state index >= 15 is 0 Å². The van der Waals surface area contributed by atoms with E-state index in [1.165, 1.54) is 0 Å². The summed E-state index contributed by atoms with van der Waals surface area (Å²) in [4.78, 5) is 15.1. The quantitative estimate of drug-likeness (QED) is 0.554. The first-order valence-electron chi connectivity index (χ1n) is 12.9. The van der Waals surface area contributed by atoms with E-state index in [9.17, 15) is 9.90 Å². The summed E-state index contributed by atoms with van der Waals surface area (Å²) < 4.78 is 18.8. The number of aliphatic hydroxyl groups is 1. The molecule has 0 unspecified atom stereocenters. The number of nitrogens with two attached hydrogens (primary N) is 1. The van der Waals surface area contributed by atoms with Crippen molar-refractivity contribution >= 4 is 5.97 Å². The second-order valence-electron chi connectivity index (χ2n) is 11.0. The minimum absolute atomic E-state index is 0.00419. The van der Waals surface area contributed by atoms with Crippen molar-refractivity contribution in [1.82, 2.24) is 4.90 Å². The predicted octanol–water partition coefficient (Wildman–Crippen LogP) is 4.24. The number of nitrogens with zero attached hydrogens (tertiary/aromatic N) is 1. The highest BCUT2D eigenvalue weighted by Gasteiger charge is 2.42. The Morgan fingerprint density at radius 1 is 1.06 bits per heavy atom.